The Labute approximate surface area is 248 Å². The van der Waals surface area contributed by atoms with Gasteiger partial charge in [-0.05, 0) is 38.5 Å². The van der Waals surface area contributed by atoms with E-state index >= 15 is 0 Å². The van der Waals surface area contributed by atoms with E-state index in [-0.39, 0.29) is 16.0 Å². The lowest BCUT2D eigenvalue weighted by Gasteiger charge is -2.58. The molecule has 0 fully saturated rings. The van der Waals surface area contributed by atoms with E-state index in [4.69, 9.17) is 4.43 Å². The maximum Gasteiger partial charge on any atom is 0.672 e. The van der Waals surface area contributed by atoms with Gasteiger partial charge in [-0.2, -0.15) is 0 Å². The zero-order valence-electron chi connectivity index (χ0n) is 14.9. The van der Waals surface area contributed by atoms with Crippen LogP contribution in [-0.2, 0) is 4.43 Å². The third kappa shape index (κ3) is 8.62. The lowest BCUT2D eigenvalue weighted by molar-refractivity contribution is -0.0523. The molecule has 1 aliphatic carbocycles. The molecular weight excluding hydrogens is 991 g/mol. The van der Waals surface area contributed by atoms with Gasteiger partial charge >= 0.3 is 9.05 Å². The van der Waals surface area contributed by atoms with Crippen molar-refractivity contribution in [2.45, 2.75) is 68.8 Å². The molecule has 0 aliphatic heterocycles. The predicted octanol–water partition coefficient (Wildman–Crippen LogP) is 7.44. The first-order valence-electron chi connectivity index (χ1n) is 8.51. The normalized spacial score (nSPS) is 33.3. The highest BCUT2D eigenvalue weighted by atomic mass is 79.9. The van der Waals surface area contributed by atoms with E-state index in [0.29, 0.717) is 19.3 Å². The Morgan fingerprint density at radius 1 is 0.828 bits per heavy atom. The van der Waals surface area contributed by atoms with Gasteiger partial charge in [0.1, 0.15) is 0 Å². The van der Waals surface area contributed by atoms with Crippen molar-refractivity contribution in [3.05, 3.63) is 12.2 Å². The molecule has 0 spiro atoms. The maximum atomic E-state index is 9.95. The highest BCUT2D eigenvalue weighted by Crippen LogP contribution is 2.61. The van der Waals surface area contributed by atoms with Crippen molar-refractivity contribution in [1.82, 2.24) is 0 Å². The molecule has 0 bridgehead atoms. The maximum absolute atomic E-state index is 9.95. The molecule has 0 aromatic heterocycles. The molecule has 29 heavy (non-hydrogen) atoms. The molecule has 0 saturated heterocycles. The third-order valence-corrected chi connectivity index (χ3v) is 13.7. The van der Waals surface area contributed by atoms with Crippen LogP contribution >= 0.6 is 143 Å². The molecule has 1 rings (SSSR count). The van der Waals surface area contributed by atoms with Gasteiger partial charge in [0.15, 0.2) is 0 Å². The summed E-state index contributed by atoms with van der Waals surface area (Å²) in [5.74, 6) is 0. The molecule has 4 atom stereocenters. The lowest BCUT2D eigenvalue weighted by atomic mass is 9.67. The van der Waals surface area contributed by atoms with E-state index in [0.717, 1.165) is 19.3 Å². The van der Waals surface area contributed by atoms with E-state index in [1.54, 1.807) is 0 Å². The summed E-state index contributed by atoms with van der Waals surface area (Å²) in [5, 5.41) is 0. The highest BCUT2D eigenvalue weighted by Gasteiger charge is 2.66. The van der Waals surface area contributed by atoms with Gasteiger partial charge < -0.3 is 18.8 Å². The van der Waals surface area contributed by atoms with Crippen LogP contribution < -0.4 is 0 Å². The minimum atomic E-state index is -4.85. The molecule has 0 amide bonds. The molecule has 14 heteroatoms. The summed E-state index contributed by atoms with van der Waals surface area (Å²) in [7, 11) is -4.85. The zero-order valence-corrected chi connectivity index (χ0v) is 30.1. The Kier molecular flexibility index (Phi) is 13.8. The highest BCUT2D eigenvalue weighted by molar-refractivity contribution is 9.25. The van der Waals surface area contributed by atoms with Crippen molar-refractivity contribution in [3.8, 4) is 0 Å². The molecule has 0 radical (unpaired) electrons. The molecule has 172 valence electrons. The van der Waals surface area contributed by atoms with Crippen LogP contribution in [0, 0.1) is 0 Å². The van der Waals surface area contributed by atoms with Gasteiger partial charge in [-0.1, -0.05) is 156 Å². The summed E-state index contributed by atoms with van der Waals surface area (Å²) in [4.78, 5) is 29.8. The van der Waals surface area contributed by atoms with Crippen molar-refractivity contribution in [2.75, 3.05) is 0 Å². The first kappa shape index (κ1) is 31.1. The van der Waals surface area contributed by atoms with E-state index in [1.165, 1.54) is 0 Å². The van der Waals surface area contributed by atoms with Crippen molar-refractivity contribution < 1.29 is 18.8 Å². The number of hydrogen-bond acceptors (Lipinski definition) is 4. The van der Waals surface area contributed by atoms with Crippen LogP contribution in [0.3, 0.4) is 0 Å². The van der Waals surface area contributed by atoms with Crippen molar-refractivity contribution in [1.29, 1.82) is 0 Å². The Morgan fingerprint density at radius 2 is 1.28 bits per heavy atom. The molecule has 4 nitrogen and oxygen atoms in total. The van der Waals surface area contributed by atoms with E-state index in [2.05, 4.69) is 143 Å². The van der Waals surface area contributed by atoms with Crippen molar-refractivity contribution in [3.63, 3.8) is 0 Å². The van der Waals surface area contributed by atoms with Gasteiger partial charge in [-0.25, -0.2) is 0 Å². The predicted molar refractivity (Wildman–Crippen MR) is 154 cm³/mol. The molecule has 0 saturated carbocycles. The summed E-state index contributed by atoms with van der Waals surface area (Å²) < 4.78 is 4.60. The number of hydrogen-bond donors (Lipinski definition) is 3. The molecule has 3 N–H and O–H groups in total. The first-order chi connectivity index (χ1) is 13.1. The molecule has 0 heterocycles. The number of allylic oxidation sites excluding steroid dienone is 1. The number of rotatable bonds is 11. The molecule has 0 aromatic rings. The monoisotopic (exact) mass is 1000 g/mol. The first-order valence-corrected chi connectivity index (χ1v) is 18.3. The molecule has 1 aliphatic rings. The Bertz CT molecular complexity index is 562. The fourth-order valence-corrected chi connectivity index (χ4v) is 8.93. The fourth-order valence-electron chi connectivity index (χ4n) is 3.49. The Hall–Kier alpha value is 4.12. The van der Waals surface area contributed by atoms with Gasteiger partial charge in [0.05, 0.1) is 25.5 Å². The molecule has 0 aromatic carbocycles. The van der Waals surface area contributed by atoms with E-state index in [9.17, 15) is 14.4 Å². The van der Waals surface area contributed by atoms with Crippen LogP contribution in [0.1, 0.15) is 38.5 Å². The van der Waals surface area contributed by atoms with E-state index < -0.39 is 23.3 Å². The van der Waals surface area contributed by atoms with Gasteiger partial charge in [-0.15, -0.1) is 0 Å². The second-order valence-corrected chi connectivity index (χ2v) is 22.2. The summed E-state index contributed by atoms with van der Waals surface area (Å²) in [6, 6.07) is 0. The molecular formula is C15H21Br9O4Si. The quantitative estimate of drug-likeness (QED) is 0.115. The number of halogens is 9. The smallest absolute Gasteiger partial charge is 0.368 e. The van der Waals surface area contributed by atoms with Crippen LogP contribution in [0.2, 0.25) is 0 Å². The van der Waals surface area contributed by atoms with Crippen LogP contribution in [0.5, 0.6) is 0 Å². The van der Waals surface area contributed by atoms with Gasteiger partial charge in [0, 0.05) is 4.83 Å². The number of alkyl halides is 9. The van der Waals surface area contributed by atoms with Gasteiger partial charge in [0.25, 0.3) is 0 Å². The second-order valence-electron chi connectivity index (χ2n) is 6.78. The van der Waals surface area contributed by atoms with Crippen molar-refractivity contribution in [2.24, 2.45) is 0 Å². The summed E-state index contributed by atoms with van der Waals surface area (Å²) >= 11 is 33.0. The van der Waals surface area contributed by atoms with Gasteiger partial charge in [0.2, 0.25) is 0 Å². The summed E-state index contributed by atoms with van der Waals surface area (Å²) in [5.41, 5.74) is -1.17. The Balaban J connectivity index is 3.59. The summed E-state index contributed by atoms with van der Waals surface area (Å²) in [6.07, 6.45) is 7.71. The fraction of sp³-hybridized carbons (Fsp3) is 0.867. The average molecular weight is 1010 g/mol. The largest absolute Gasteiger partial charge is 0.672 e. The lowest BCUT2D eigenvalue weighted by Crippen LogP contribution is -2.69. The summed E-state index contributed by atoms with van der Waals surface area (Å²) in [6.45, 7) is 0. The van der Waals surface area contributed by atoms with Crippen molar-refractivity contribution >= 4 is 152 Å². The topological polar surface area (TPSA) is 69.9 Å². The van der Waals surface area contributed by atoms with Gasteiger partial charge in [-0.3, -0.25) is 0 Å². The Morgan fingerprint density at radius 3 is 1.72 bits per heavy atom. The SMILES string of the molecule is O[Si](O)(O)OC1(CCC(Br)Br)C=CC(Br)C(Br)(CCC(Br)Br)C1(Br)CCC(Br)Br. The molecule has 4 unspecified atom stereocenters. The minimum absolute atomic E-state index is 0.00810. The minimum Gasteiger partial charge on any atom is -0.368 e. The van der Waals surface area contributed by atoms with Crippen LogP contribution in [0.25, 0.3) is 0 Å². The average Bonchev–Trinajstić information content (AvgIpc) is 2.57. The van der Waals surface area contributed by atoms with Crippen LogP contribution in [0.4, 0.5) is 0 Å². The zero-order chi connectivity index (χ0) is 22.7. The second kappa shape index (κ2) is 12.9. The van der Waals surface area contributed by atoms with Crippen LogP contribution in [-0.4, -0.2) is 53.7 Å². The standard InChI is InChI=1S/C15H21Br9O4Si/c16-9-1-5-13(6-2-10(17)18,28-29(25,26)27)15(24,8-4-12(21)22)14(9,23)7-3-11(19)20/h1,5,9-12,25-27H,2-4,6-8H2. The van der Waals surface area contributed by atoms with E-state index in [1.807, 2.05) is 12.2 Å². The third-order valence-electron chi connectivity index (χ3n) is 4.79. The van der Waals surface area contributed by atoms with Crippen LogP contribution in [0.15, 0.2) is 12.2 Å².